The number of rotatable bonds is 6. The molecule has 1 rings (SSSR count). The number of carbonyl (C=O) groups is 1. The molecule has 1 aromatic heterocycles. The fourth-order valence-electron chi connectivity index (χ4n) is 1.04. The molecule has 0 aliphatic carbocycles. The summed E-state index contributed by atoms with van der Waals surface area (Å²) in [6.45, 7) is 2.51. The Balaban J connectivity index is 2.18. The lowest BCUT2D eigenvalue weighted by atomic mass is 10.3. The lowest BCUT2D eigenvalue weighted by Gasteiger charge is -2.04. The molecular formula is C10H14N2O4. The first-order valence-electron chi connectivity index (χ1n) is 5.06. The third-order valence-corrected chi connectivity index (χ3v) is 1.73. The Kier molecular flexibility index (Phi) is 5.04. The van der Waals surface area contributed by atoms with Crippen molar-refractivity contribution in [3.05, 3.63) is 22.5 Å². The maximum Gasteiger partial charge on any atom is 0.305 e. The zero-order valence-corrected chi connectivity index (χ0v) is 9.06. The smallest absolute Gasteiger partial charge is 0.305 e. The number of carbonyl (C=O) groups excluding carboxylic acids is 1. The monoisotopic (exact) mass is 226 g/mol. The summed E-state index contributed by atoms with van der Waals surface area (Å²) in [4.78, 5) is 21.6. The van der Waals surface area contributed by atoms with Crippen LogP contribution in [0.15, 0.2) is 16.9 Å². The van der Waals surface area contributed by atoms with E-state index < -0.39 is 0 Å². The van der Waals surface area contributed by atoms with E-state index in [9.17, 15) is 9.59 Å². The zero-order valence-electron chi connectivity index (χ0n) is 9.06. The van der Waals surface area contributed by atoms with Crippen LogP contribution in [-0.2, 0) is 9.53 Å². The van der Waals surface area contributed by atoms with Gasteiger partial charge in [-0.25, -0.2) is 5.10 Å². The lowest BCUT2D eigenvalue weighted by Crippen LogP contribution is -2.09. The maximum atomic E-state index is 11.0. The highest BCUT2D eigenvalue weighted by atomic mass is 16.5. The molecule has 88 valence electrons. The number of aromatic nitrogens is 2. The van der Waals surface area contributed by atoms with Gasteiger partial charge in [-0.1, -0.05) is 0 Å². The number of aromatic amines is 1. The van der Waals surface area contributed by atoms with Crippen LogP contribution in [0, 0.1) is 0 Å². The second kappa shape index (κ2) is 6.60. The fraction of sp³-hybridized carbons (Fsp3) is 0.500. The Morgan fingerprint density at radius 1 is 1.50 bits per heavy atom. The van der Waals surface area contributed by atoms with Crippen LogP contribution >= 0.6 is 0 Å². The highest BCUT2D eigenvalue weighted by Crippen LogP contribution is 2.01. The minimum absolute atomic E-state index is 0.236. The van der Waals surface area contributed by atoms with Crippen molar-refractivity contribution < 1.29 is 14.3 Å². The average Bonchev–Trinajstić information content (AvgIpc) is 2.27. The van der Waals surface area contributed by atoms with Crippen molar-refractivity contribution in [1.29, 1.82) is 0 Å². The van der Waals surface area contributed by atoms with Crippen LogP contribution in [-0.4, -0.2) is 29.4 Å². The predicted octanol–water partition coefficient (Wildman–Crippen LogP) is 0.492. The normalized spacial score (nSPS) is 9.81. The van der Waals surface area contributed by atoms with Crippen LogP contribution in [0.5, 0.6) is 5.88 Å². The third-order valence-electron chi connectivity index (χ3n) is 1.73. The maximum absolute atomic E-state index is 11.0. The minimum atomic E-state index is -0.279. The van der Waals surface area contributed by atoms with Gasteiger partial charge in [0.1, 0.15) is 0 Å². The second-order valence-corrected chi connectivity index (χ2v) is 3.02. The van der Waals surface area contributed by atoms with Crippen molar-refractivity contribution in [3.8, 4) is 5.88 Å². The Bertz CT molecular complexity index is 368. The summed E-state index contributed by atoms with van der Waals surface area (Å²) in [5.41, 5.74) is -0.279. The van der Waals surface area contributed by atoms with E-state index in [1.807, 2.05) is 0 Å². The number of nitrogens with zero attached hydrogens (tertiary/aromatic N) is 1. The molecule has 6 heteroatoms. The molecule has 0 unspecified atom stereocenters. The van der Waals surface area contributed by atoms with Gasteiger partial charge in [-0.2, -0.15) is 0 Å². The van der Waals surface area contributed by atoms with Crippen molar-refractivity contribution in [2.75, 3.05) is 13.2 Å². The topological polar surface area (TPSA) is 81.3 Å². The molecule has 0 aromatic carbocycles. The van der Waals surface area contributed by atoms with Gasteiger partial charge >= 0.3 is 5.97 Å². The number of hydrogen-bond acceptors (Lipinski definition) is 5. The van der Waals surface area contributed by atoms with Gasteiger partial charge in [0.25, 0.3) is 5.56 Å². The van der Waals surface area contributed by atoms with E-state index in [0.717, 1.165) is 0 Å². The second-order valence-electron chi connectivity index (χ2n) is 3.02. The summed E-state index contributed by atoms with van der Waals surface area (Å²) in [6.07, 6.45) is 0.872. The van der Waals surface area contributed by atoms with Crippen molar-refractivity contribution in [3.63, 3.8) is 0 Å². The summed E-state index contributed by atoms with van der Waals surface area (Å²) >= 11 is 0. The number of nitrogens with one attached hydrogen (secondary N) is 1. The van der Waals surface area contributed by atoms with Crippen molar-refractivity contribution >= 4 is 5.97 Å². The first kappa shape index (κ1) is 12.2. The summed E-state index contributed by atoms with van der Waals surface area (Å²) in [6, 6.07) is 2.80. The summed E-state index contributed by atoms with van der Waals surface area (Å²) in [5.74, 6) is 0.101. The largest absolute Gasteiger partial charge is 0.477 e. The average molecular weight is 226 g/mol. The molecule has 0 amide bonds. The van der Waals surface area contributed by atoms with E-state index in [2.05, 4.69) is 10.2 Å². The predicted molar refractivity (Wildman–Crippen MR) is 56.2 cm³/mol. The minimum Gasteiger partial charge on any atom is -0.477 e. The van der Waals surface area contributed by atoms with Gasteiger partial charge in [0, 0.05) is 18.6 Å². The Morgan fingerprint density at radius 3 is 2.94 bits per heavy atom. The number of esters is 1. The van der Waals surface area contributed by atoms with Crippen LogP contribution in [0.1, 0.15) is 19.8 Å². The molecule has 0 aliphatic rings. The van der Waals surface area contributed by atoms with Gasteiger partial charge in [-0.3, -0.25) is 9.59 Å². The molecule has 0 spiro atoms. The quantitative estimate of drug-likeness (QED) is 0.564. The molecule has 0 atom stereocenters. The van der Waals surface area contributed by atoms with E-state index in [-0.39, 0.29) is 11.5 Å². The van der Waals surface area contributed by atoms with E-state index in [1.165, 1.54) is 12.1 Å². The molecule has 0 aliphatic heterocycles. The zero-order chi connectivity index (χ0) is 11.8. The SMILES string of the molecule is CCOC(=O)CCCOc1ccc(=O)[nH]n1. The standard InChI is InChI=1S/C10H14N2O4/c1-2-15-10(14)4-3-7-16-9-6-5-8(13)11-12-9/h5-6H,2-4,7H2,1H3,(H,11,13). The Morgan fingerprint density at radius 2 is 2.31 bits per heavy atom. The van der Waals surface area contributed by atoms with Crippen molar-refractivity contribution in [2.45, 2.75) is 19.8 Å². The van der Waals surface area contributed by atoms with Gasteiger partial charge < -0.3 is 9.47 Å². The first-order valence-corrected chi connectivity index (χ1v) is 5.06. The first-order chi connectivity index (χ1) is 7.72. The molecule has 16 heavy (non-hydrogen) atoms. The summed E-state index contributed by atoms with van der Waals surface area (Å²) < 4.78 is 9.95. The van der Waals surface area contributed by atoms with Crippen molar-refractivity contribution in [1.82, 2.24) is 10.2 Å². The van der Waals surface area contributed by atoms with E-state index in [1.54, 1.807) is 6.92 Å². The van der Waals surface area contributed by atoms with E-state index in [4.69, 9.17) is 9.47 Å². The van der Waals surface area contributed by atoms with Gasteiger partial charge in [-0.05, 0) is 13.3 Å². The third kappa shape index (κ3) is 4.59. The molecule has 1 heterocycles. The molecular weight excluding hydrogens is 212 g/mol. The summed E-state index contributed by atoms with van der Waals surface area (Å²) in [5, 5.41) is 5.90. The molecule has 6 nitrogen and oxygen atoms in total. The molecule has 0 fully saturated rings. The molecule has 0 saturated carbocycles. The van der Waals surface area contributed by atoms with Crippen LogP contribution in [0.4, 0.5) is 0 Å². The van der Waals surface area contributed by atoms with Gasteiger partial charge in [0.05, 0.1) is 13.2 Å². The molecule has 0 radical (unpaired) electrons. The highest BCUT2D eigenvalue weighted by molar-refractivity contribution is 5.69. The lowest BCUT2D eigenvalue weighted by molar-refractivity contribution is -0.143. The van der Waals surface area contributed by atoms with Crippen LogP contribution in [0.25, 0.3) is 0 Å². The van der Waals surface area contributed by atoms with Crippen LogP contribution in [0.3, 0.4) is 0 Å². The van der Waals surface area contributed by atoms with Crippen molar-refractivity contribution in [2.24, 2.45) is 0 Å². The molecule has 1 N–H and O–H groups in total. The molecule has 0 bridgehead atoms. The van der Waals surface area contributed by atoms with Crippen LogP contribution in [0.2, 0.25) is 0 Å². The number of ether oxygens (including phenoxy) is 2. The highest BCUT2D eigenvalue weighted by Gasteiger charge is 2.01. The fourth-order valence-corrected chi connectivity index (χ4v) is 1.04. The molecule has 1 aromatic rings. The summed E-state index contributed by atoms with van der Waals surface area (Å²) in [7, 11) is 0. The number of H-pyrrole nitrogens is 1. The Hall–Kier alpha value is -1.85. The van der Waals surface area contributed by atoms with Gasteiger partial charge in [-0.15, -0.1) is 5.10 Å². The van der Waals surface area contributed by atoms with E-state index >= 15 is 0 Å². The van der Waals surface area contributed by atoms with Gasteiger partial charge in [0.2, 0.25) is 5.88 Å². The van der Waals surface area contributed by atoms with Gasteiger partial charge in [0.15, 0.2) is 0 Å². The molecule has 0 saturated heterocycles. The van der Waals surface area contributed by atoms with Crippen LogP contribution < -0.4 is 10.3 Å². The van der Waals surface area contributed by atoms with E-state index in [0.29, 0.717) is 31.9 Å². The number of hydrogen-bond donors (Lipinski definition) is 1. The Labute approximate surface area is 92.6 Å².